The molecule has 0 unspecified atom stereocenters. The molecule has 150 valence electrons. The molecule has 0 bridgehead atoms. The van der Waals surface area contributed by atoms with Crippen LogP contribution in [-0.2, 0) is 16.1 Å². The predicted octanol–water partition coefficient (Wildman–Crippen LogP) is 4.31. The van der Waals surface area contributed by atoms with Crippen molar-refractivity contribution in [3.8, 4) is 11.5 Å². The van der Waals surface area contributed by atoms with Crippen molar-refractivity contribution < 1.29 is 29.3 Å². The Morgan fingerprint density at radius 1 is 1.14 bits per heavy atom. The Balaban J connectivity index is 1.90. The molecule has 0 amide bonds. The first-order chi connectivity index (χ1) is 13.8. The number of carbonyl (C=O) groups is 2. The Kier molecular flexibility index (Phi) is 5.73. The minimum absolute atomic E-state index is 0.0233. The van der Waals surface area contributed by atoms with Crippen LogP contribution in [0.15, 0.2) is 43.5 Å². The highest BCUT2D eigenvalue weighted by atomic mass is 16.5. The molecule has 1 aliphatic rings. The number of phenols is 2. The monoisotopic (exact) mass is 394 g/mol. The molecule has 1 saturated carbocycles. The van der Waals surface area contributed by atoms with Gasteiger partial charge in [0.15, 0.2) is 0 Å². The number of phenolic OH excluding ortho intramolecular Hbond substituents is 2. The summed E-state index contributed by atoms with van der Waals surface area (Å²) in [6, 6.07) is 7.57. The van der Waals surface area contributed by atoms with Gasteiger partial charge in [-0.3, -0.25) is 0 Å². The number of methoxy groups -OCH3 is 1. The first-order valence-electron chi connectivity index (χ1n) is 9.11. The molecule has 0 aromatic heterocycles. The van der Waals surface area contributed by atoms with E-state index in [1.807, 2.05) is 0 Å². The third kappa shape index (κ3) is 4.32. The number of esters is 2. The number of ether oxygens (including phenoxy) is 2. The fourth-order valence-electron chi connectivity index (χ4n) is 3.06. The van der Waals surface area contributed by atoms with E-state index in [0.29, 0.717) is 22.6 Å². The third-order valence-corrected chi connectivity index (χ3v) is 4.86. The molecular formula is C23H22O6. The zero-order valence-corrected chi connectivity index (χ0v) is 16.1. The highest BCUT2D eigenvalue weighted by molar-refractivity contribution is 5.96. The van der Waals surface area contributed by atoms with Crippen LogP contribution in [0.3, 0.4) is 0 Å². The first kappa shape index (κ1) is 20.2. The Labute approximate surface area is 168 Å². The van der Waals surface area contributed by atoms with Gasteiger partial charge in [0.05, 0.1) is 7.11 Å². The fraction of sp³-hybridized carbons (Fsp3) is 0.217. The molecule has 2 N–H and O–H groups in total. The second-order valence-electron chi connectivity index (χ2n) is 6.88. The van der Waals surface area contributed by atoms with Crippen LogP contribution in [0.4, 0.5) is 0 Å². The van der Waals surface area contributed by atoms with Gasteiger partial charge in [0.25, 0.3) is 0 Å². The quantitative estimate of drug-likeness (QED) is 0.680. The summed E-state index contributed by atoms with van der Waals surface area (Å²) in [6.07, 6.45) is 3.60. The predicted molar refractivity (Wildman–Crippen MR) is 109 cm³/mol. The highest BCUT2D eigenvalue weighted by Crippen LogP contribution is 2.42. The van der Waals surface area contributed by atoms with Crippen molar-refractivity contribution >= 4 is 23.6 Å². The van der Waals surface area contributed by atoms with Gasteiger partial charge in [-0.15, -0.1) is 0 Å². The normalized spacial score (nSPS) is 12.9. The molecule has 29 heavy (non-hydrogen) atoms. The van der Waals surface area contributed by atoms with Crippen molar-refractivity contribution in [2.45, 2.75) is 19.4 Å². The third-order valence-electron chi connectivity index (χ3n) is 4.86. The topological polar surface area (TPSA) is 93.1 Å². The summed E-state index contributed by atoms with van der Waals surface area (Å²) >= 11 is 0. The Bertz CT molecular complexity index is 1000. The maximum atomic E-state index is 12.5. The molecule has 0 aliphatic heterocycles. The van der Waals surface area contributed by atoms with Crippen molar-refractivity contribution in [3.63, 3.8) is 0 Å². The molecule has 1 fully saturated rings. The van der Waals surface area contributed by atoms with E-state index < -0.39 is 11.9 Å². The van der Waals surface area contributed by atoms with E-state index >= 15 is 0 Å². The lowest BCUT2D eigenvalue weighted by atomic mass is 9.96. The van der Waals surface area contributed by atoms with Gasteiger partial charge in [-0.1, -0.05) is 25.3 Å². The summed E-state index contributed by atoms with van der Waals surface area (Å²) < 4.78 is 10.1. The van der Waals surface area contributed by atoms with Gasteiger partial charge in [-0.25, -0.2) is 9.59 Å². The molecule has 2 aromatic carbocycles. The zero-order valence-electron chi connectivity index (χ0n) is 16.1. The van der Waals surface area contributed by atoms with E-state index in [0.717, 1.165) is 18.4 Å². The molecule has 0 spiro atoms. The second kappa shape index (κ2) is 8.22. The van der Waals surface area contributed by atoms with Gasteiger partial charge in [0, 0.05) is 5.56 Å². The van der Waals surface area contributed by atoms with Crippen LogP contribution >= 0.6 is 0 Å². The maximum Gasteiger partial charge on any atom is 0.342 e. The SMILES string of the molecule is C=Cc1ccc(O)c(C(=O)OCc2cc(C(=C)C3CC3)cc(O)c2C(=O)OC)c1. The number of hydrogen-bond acceptors (Lipinski definition) is 6. The molecule has 2 aromatic rings. The number of rotatable bonds is 7. The molecule has 0 heterocycles. The molecule has 1 aliphatic carbocycles. The lowest BCUT2D eigenvalue weighted by Gasteiger charge is -2.14. The van der Waals surface area contributed by atoms with E-state index in [1.54, 1.807) is 12.1 Å². The number of benzene rings is 2. The van der Waals surface area contributed by atoms with E-state index in [2.05, 4.69) is 13.2 Å². The Hall–Kier alpha value is -3.54. The van der Waals surface area contributed by atoms with Gasteiger partial charge in [-0.2, -0.15) is 0 Å². The minimum Gasteiger partial charge on any atom is -0.507 e. The largest absolute Gasteiger partial charge is 0.507 e. The lowest BCUT2D eigenvalue weighted by Crippen LogP contribution is -2.11. The smallest absolute Gasteiger partial charge is 0.342 e. The summed E-state index contributed by atoms with van der Waals surface area (Å²) in [6.45, 7) is 7.40. The number of aromatic hydroxyl groups is 2. The van der Waals surface area contributed by atoms with E-state index in [-0.39, 0.29) is 29.2 Å². The van der Waals surface area contributed by atoms with Crippen molar-refractivity contribution in [2.24, 2.45) is 5.92 Å². The van der Waals surface area contributed by atoms with Gasteiger partial charge in [0.1, 0.15) is 29.2 Å². The number of allylic oxidation sites excluding steroid dienone is 1. The van der Waals surface area contributed by atoms with Crippen LogP contribution in [0, 0.1) is 5.92 Å². The Morgan fingerprint density at radius 3 is 2.48 bits per heavy atom. The van der Waals surface area contributed by atoms with Crippen LogP contribution in [0.1, 0.15) is 50.2 Å². The van der Waals surface area contributed by atoms with Gasteiger partial charge in [0.2, 0.25) is 0 Å². The second-order valence-corrected chi connectivity index (χ2v) is 6.88. The fourth-order valence-corrected chi connectivity index (χ4v) is 3.06. The lowest BCUT2D eigenvalue weighted by molar-refractivity contribution is 0.0456. The van der Waals surface area contributed by atoms with Crippen molar-refractivity contribution in [1.29, 1.82) is 0 Å². The van der Waals surface area contributed by atoms with E-state index in [4.69, 9.17) is 9.47 Å². The molecule has 3 rings (SSSR count). The molecule has 6 heteroatoms. The zero-order chi connectivity index (χ0) is 21.1. The average molecular weight is 394 g/mol. The summed E-state index contributed by atoms with van der Waals surface area (Å²) in [5.41, 5.74) is 2.38. The maximum absolute atomic E-state index is 12.5. The van der Waals surface area contributed by atoms with Crippen LogP contribution < -0.4 is 0 Å². The summed E-state index contributed by atoms with van der Waals surface area (Å²) in [4.78, 5) is 24.6. The van der Waals surface area contributed by atoms with Gasteiger partial charge >= 0.3 is 11.9 Å². The standard InChI is InChI=1S/C23H22O6/c1-4-14-5-8-19(24)18(9-14)22(26)29-12-17-10-16(13(2)15-6-7-15)11-20(25)21(17)23(27)28-3/h4-5,8-11,15,24-25H,1-2,6-7,12H2,3H3. The minimum atomic E-state index is -0.770. The molecule has 0 atom stereocenters. The molecule has 0 radical (unpaired) electrons. The number of hydrogen-bond donors (Lipinski definition) is 2. The molecule has 6 nitrogen and oxygen atoms in total. The van der Waals surface area contributed by atoms with Crippen molar-refractivity contribution in [1.82, 2.24) is 0 Å². The first-order valence-corrected chi connectivity index (χ1v) is 9.11. The van der Waals surface area contributed by atoms with Gasteiger partial charge in [-0.05, 0) is 59.7 Å². The van der Waals surface area contributed by atoms with Crippen LogP contribution in [-0.4, -0.2) is 29.3 Å². The summed E-state index contributed by atoms with van der Waals surface area (Å²) in [5.74, 6) is -1.65. The van der Waals surface area contributed by atoms with E-state index in [1.165, 1.54) is 31.4 Å². The van der Waals surface area contributed by atoms with Crippen molar-refractivity contribution in [2.75, 3.05) is 7.11 Å². The Morgan fingerprint density at radius 2 is 1.86 bits per heavy atom. The molecule has 0 saturated heterocycles. The average Bonchev–Trinajstić information content (AvgIpc) is 3.56. The van der Waals surface area contributed by atoms with Gasteiger partial charge < -0.3 is 19.7 Å². The van der Waals surface area contributed by atoms with Crippen LogP contribution in [0.2, 0.25) is 0 Å². The van der Waals surface area contributed by atoms with Crippen LogP contribution in [0.25, 0.3) is 11.6 Å². The summed E-state index contributed by atoms with van der Waals surface area (Å²) in [5, 5.41) is 20.3. The highest BCUT2D eigenvalue weighted by Gasteiger charge is 2.28. The van der Waals surface area contributed by atoms with Crippen molar-refractivity contribution in [3.05, 3.63) is 71.3 Å². The van der Waals surface area contributed by atoms with Crippen LogP contribution in [0.5, 0.6) is 11.5 Å². The van der Waals surface area contributed by atoms with E-state index in [9.17, 15) is 19.8 Å². The molecular weight excluding hydrogens is 372 g/mol. The number of carbonyl (C=O) groups excluding carboxylic acids is 2. The summed E-state index contributed by atoms with van der Waals surface area (Å²) in [7, 11) is 1.20.